The van der Waals surface area contributed by atoms with E-state index < -0.39 is 9.84 Å². The molecular formula is C28H34FNO3S. The summed E-state index contributed by atoms with van der Waals surface area (Å²) < 4.78 is 45.8. The monoisotopic (exact) mass is 483 g/mol. The van der Waals surface area contributed by atoms with Crippen molar-refractivity contribution in [3.8, 4) is 0 Å². The average Bonchev–Trinajstić information content (AvgIpc) is 3.67. The molecule has 2 aromatic carbocycles. The molecule has 0 bridgehead atoms. The molecule has 1 aliphatic heterocycles. The summed E-state index contributed by atoms with van der Waals surface area (Å²) in [5, 5.41) is -0.219. The van der Waals surface area contributed by atoms with E-state index in [1.165, 1.54) is 17.2 Å². The number of benzene rings is 2. The van der Waals surface area contributed by atoms with Crippen molar-refractivity contribution < 1.29 is 17.5 Å². The van der Waals surface area contributed by atoms with E-state index in [4.69, 9.17) is 4.74 Å². The highest BCUT2D eigenvalue weighted by Gasteiger charge is 2.67. The van der Waals surface area contributed by atoms with Gasteiger partial charge in [-0.15, -0.1) is 0 Å². The predicted octanol–water partition coefficient (Wildman–Crippen LogP) is 4.30. The molecule has 1 saturated heterocycles. The van der Waals surface area contributed by atoms with Crippen molar-refractivity contribution in [3.63, 3.8) is 0 Å². The Hall–Kier alpha value is -1.76. The second-order valence-electron chi connectivity index (χ2n) is 11.2. The second kappa shape index (κ2) is 7.87. The number of sulfone groups is 1. The highest BCUT2D eigenvalue weighted by molar-refractivity contribution is 7.91. The summed E-state index contributed by atoms with van der Waals surface area (Å²) in [5.74, 6) is 0.630. The molecule has 1 unspecified atom stereocenters. The molecule has 2 aromatic rings. The fraction of sp³-hybridized carbons (Fsp3) is 0.571. The van der Waals surface area contributed by atoms with Crippen LogP contribution < -0.4 is 0 Å². The molecule has 6 heteroatoms. The van der Waals surface area contributed by atoms with Crippen molar-refractivity contribution in [3.05, 3.63) is 70.5 Å². The van der Waals surface area contributed by atoms with Gasteiger partial charge in [0, 0.05) is 45.0 Å². The molecule has 4 nitrogen and oxygen atoms in total. The van der Waals surface area contributed by atoms with Gasteiger partial charge in [0.15, 0.2) is 9.84 Å². The van der Waals surface area contributed by atoms with Crippen molar-refractivity contribution >= 4 is 9.84 Å². The first-order valence-electron chi connectivity index (χ1n) is 12.6. The zero-order valence-electron chi connectivity index (χ0n) is 20.1. The Kier molecular flexibility index (Phi) is 5.25. The maximum atomic E-state index is 14.6. The lowest BCUT2D eigenvalue weighted by Gasteiger charge is -2.35. The van der Waals surface area contributed by atoms with E-state index in [1.54, 1.807) is 6.07 Å². The van der Waals surface area contributed by atoms with E-state index in [9.17, 15) is 12.8 Å². The number of rotatable bonds is 8. The molecule has 34 heavy (non-hydrogen) atoms. The SMILES string of the molecule is CCC1(c2cc(F)cc(CS(=O)(=O)C3CC3)c2)[C@@H]2CN(CC3(OC)Cc4ccccc4C3)C[C@@H]21. The molecule has 1 heterocycles. The van der Waals surface area contributed by atoms with Crippen LogP contribution in [0.5, 0.6) is 0 Å². The lowest BCUT2D eigenvalue weighted by atomic mass is 9.86. The lowest BCUT2D eigenvalue weighted by Crippen LogP contribution is -2.46. The van der Waals surface area contributed by atoms with E-state index in [0.717, 1.165) is 57.3 Å². The molecule has 3 fully saturated rings. The Morgan fingerprint density at radius 2 is 1.71 bits per heavy atom. The maximum absolute atomic E-state index is 14.6. The third-order valence-electron chi connectivity index (χ3n) is 9.18. The summed E-state index contributed by atoms with van der Waals surface area (Å²) in [4.78, 5) is 2.54. The Labute approximate surface area is 202 Å². The number of nitrogens with zero attached hydrogens (tertiary/aromatic N) is 1. The minimum Gasteiger partial charge on any atom is -0.376 e. The Balaban J connectivity index is 1.18. The van der Waals surface area contributed by atoms with Crippen molar-refractivity contribution in [2.45, 2.75) is 61.0 Å². The van der Waals surface area contributed by atoms with Crippen LogP contribution in [0.1, 0.15) is 48.4 Å². The largest absolute Gasteiger partial charge is 0.376 e. The smallest absolute Gasteiger partial charge is 0.157 e. The van der Waals surface area contributed by atoms with Gasteiger partial charge in [0.05, 0.1) is 16.6 Å². The number of hydrogen-bond acceptors (Lipinski definition) is 4. The van der Waals surface area contributed by atoms with Gasteiger partial charge in [0.25, 0.3) is 0 Å². The molecule has 2 saturated carbocycles. The first-order valence-corrected chi connectivity index (χ1v) is 14.4. The molecular weight excluding hydrogens is 449 g/mol. The van der Waals surface area contributed by atoms with Crippen LogP contribution in [0.4, 0.5) is 4.39 Å². The number of methoxy groups -OCH3 is 1. The normalized spacial score (nSPS) is 29.7. The van der Waals surface area contributed by atoms with Gasteiger partial charge in [-0.3, -0.25) is 4.90 Å². The van der Waals surface area contributed by atoms with Gasteiger partial charge in [-0.05, 0) is 65.5 Å². The molecule has 0 N–H and O–H groups in total. The van der Waals surface area contributed by atoms with Gasteiger partial charge >= 0.3 is 0 Å². The van der Waals surface area contributed by atoms with Crippen molar-refractivity contribution in [1.29, 1.82) is 0 Å². The van der Waals surface area contributed by atoms with E-state index in [1.807, 2.05) is 13.2 Å². The van der Waals surface area contributed by atoms with Crippen LogP contribution in [0, 0.1) is 17.7 Å². The van der Waals surface area contributed by atoms with Crippen LogP contribution in [0.15, 0.2) is 42.5 Å². The summed E-state index contributed by atoms with van der Waals surface area (Å²) >= 11 is 0. The number of halogens is 1. The fourth-order valence-electron chi connectivity index (χ4n) is 7.27. The maximum Gasteiger partial charge on any atom is 0.157 e. The molecule has 4 aliphatic rings. The number of piperidine rings is 1. The Morgan fingerprint density at radius 3 is 2.26 bits per heavy atom. The minimum atomic E-state index is -3.17. The van der Waals surface area contributed by atoms with Gasteiger partial charge in [-0.1, -0.05) is 37.3 Å². The van der Waals surface area contributed by atoms with Crippen LogP contribution in [-0.2, 0) is 38.6 Å². The van der Waals surface area contributed by atoms with Gasteiger partial charge in [-0.2, -0.15) is 0 Å². The molecule has 0 spiro atoms. The summed E-state index contributed by atoms with van der Waals surface area (Å²) in [6.07, 6.45) is 4.35. The van der Waals surface area contributed by atoms with Gasteiger partial charge in [-0.25, -0.2) is 12.8 Å². The van der Waals surface area contributed by atoms with Crippen molar-refractivity contribution in [1.82, 2.24) is 4.90 Å². The zero-order chi connectivity index (χ0) is 23.7. The van der Waals surface area contributed by atoms with E-state index >= 15 is 0 Å². The number of likely N-dealkylation sites (tertiary alicyclic amines) is 1. The van der Waals surface area contributed by atoms with E-state index in [-0.39, 0.29) is 27.8 Å². The lowest BCUT2D eigenvalue weighted by molar-refractivity contribution is -0.0276. The van der Waals surface area contributed by atoms with Gasteiger partial charge < -0.3 is 4.74 Å². The standard InChI is InChI=1S/C28H34FNO3S/c1-3-28(22-10-19(11-23(29)12-22)17-34(31,32)24-8-9-24)25-15-30(16-26(25)28)18-27(33-2)13-20-6-4-5-7-21(20)14-27/h4-7,10-12,24-26H,3,8-9,13-18H2,1-2H3/t25-,26+,28?. The van der Waals surface area contributed by atoms with Crippen LogP contribution in [0.3, 0.4) is 0 Å². The highest BCUT2D eigenvalue weighted by Crippen LogP contribution is 2.65. The molecule has 6 rings (SSSR count). The predicted molar refractivity (Wildman–Crippen MR) is 131 cm³/mol. The molecule has 0 aromatic heterocycles. The van der Waals surface area contributed by atoms with Crippen LogP contribution in [0.25, 0.3) is 0 Å². The van der Waals surface area contributed by atoms with Crippen LogP contribution in [0.2, 0.25) is 0 Å². The Morgan fingerprint density at radius 1 is 1.06 bits per heavy atom. The highest BCUT2D eigenvalue weighted by atomic mass is 32.2. The van der Waals surface area contributed by atoms with Gasteiger partial charge in [0.2, 0.25) is 0 Å². The van der Waals surface area contributed by atoms with Gasteiger partial charge in [0.1, 0.15) is 5.82 Å². The third kappa shape index (κ3) is 3.64. The van der Waals surface area contributed by atoms with E-state index in [2.05, 4.69) is 36.1 Å². The number of fused-ring (bicyclic) bond motifs is 2. The van der Waals surface area contributed by atoms with Crippen LogP contribution >= 0.6 is 0 Å². The Bertz CT molecular complexity index is 1180. The third-order valence-corrected chi connectivity index (χ3v) is 11.4. The first kappa shape index (κ1) is 22.7. The molecule has 3 atom stereocenters. The van der Waals surface area contributed by atoms with Crippen molar-refractivity contribution in [2.75, 3.05) is 26.7 Å². The summed E-state index contributed by atoms with van der Waals surface area (Å²) in [6.45, 7) is 5.09. The molecule has 0 radical (unpaired) electrons. The molecule has 0 amide bonds. The zero-order valence-corrected chi connectivity index (χ0v) is 20.9. The molecule has 3 aliphatic carbocycles. The fourth-order valence-corrected chi connectivity index (χ4v) is 8.99. The second-order valence-corrected chi connectivity index (χ2v) is 13.4. The first-order chi connectivity index (χ1) is 16.3. The summed E-state index contributed by atoms with van der Waals surface area (Å²) in [7, 11) is -1.33. The minimum absolute atomic E-state index is 0.0322. The quantitative estimate of drug-likeness (QED) is 0.562. The van der Waals surface area contributed by atoms with Crippen LogP contribution in [-0.4, -0.2) is 50.9 Å². The average molecular weight is 484 g/mol. The van der Waals surface area contributed by atoms with Crippen molar-refractivity contribution in [2.24, 2.45) is 11.8 Å². The summed E-state index contributed by atoms with van der Waals surface area (Å²) in [5.41, 5.74) is 4.20. The molecule has 182 valence electrons. The number of ether oxygens (including phenoxy) is 1. The summed E-state index contributed by atoms with van der Waals surface area (Å²) in [6, 6.07) is 13.7. The number of hydrogen-bond donors (Lipinski definition) is 0. The topological polar surface area (TPSA) is 46.6 Å². The van der Waals surface area contributed by atoms with E-state index in [0.29, 0.717) is 17.4 Å².